The molecule has 0 spiro atoms. The standard InChI is InChI=1S/C14H19NO3S/c1-18-13(16)9-14(5-6-14)11-19(17)8-4-12-3-2-7-15-10-12/h2-3,7,10H,4-6,8-9,11H2,1H3. The van der Waals surface area contributed by atoms with Gasteiger partial charge in [0.25, 0.3) is 0 Å². The normalized spacial score (nSPS) is 17.7. The molecule has 1 fully saturated rings. The van der Waals surface area contributed by atoms with E-state index in [4.69, 9.17) is 4.74 Å². The molecule has 0 bridgehead atoms. The molecule has 0 radical (unpaired) electrons. The Kier molecular flexibility index (Phi) is 4.69. The molecule has 0 amide bonds. The van der Waals surface area contributed by atoms with Crippen molar-refractivity contribution in [2.24, 2.45) is 5.41 Å². The van der Waals surface area contributed by atoms with Gasteiger partial charge in [0.1, 0.15) is 0 Å². The Balaban J connectivity index is 1.77. The largest absolute Gasteiger partial charge is 0.469 e. The predicted octanol–water partition coefficient (Wildman–Crippen LogP) is 1.72. The number of carbonyl (C=O) groups is 1. The molecule has 0 aliphatic heterocycles. The smallest absolute Gasteiger partial charge is 0.306 e. The lowest BCUT2D eigenvalue weighted by atomic mass is 10.1. The molecule has 1 aromatic rings. The second kappa shape index (κ2) is 6.28. The van der Waals surface area contributed by atoms with E-state index in [9.17, 15) is 9.00 Å². The maximum Gasteiger partial charge on any atom is 0.306 e. The topological polar surface area (TPSA) is 56.3 Å². The maximum atomic E-state index is 12.1. The highest BCUT2D eigenvalue weighted by molar-refractivity contribution is 7.85. The third-order valence-corrected chi connectivity index (χ3v) is 5.11. The summed E-state index contributed by atoms with van der Waals surface area (Å²) in [4.78, 5) is 15.3. The van der Waals surface area contributed by atoms with Gasteiger partial charge in [-0.2, -0.15) is 0 Å². The molecule has 1 saturated carbocycles. The van der Waals surface area contributed by atoms with E-state index in [0.29, 0.717) is 17.9 Å². The Morgan fingerprint density at radius 3 is 2.89 bits per heavy atom. The van der Waals surface area contributed by atoms with E-state index < -0.39 is 10.8 Å². The Morgan fingerprint density at radius 2 is 2.32 bits per heavy atom. The number of ether oxygens (including phenoxy) is 1. The molecular weight excluding hydrogens is 262 g/mol. The van der Waals surface area contributed by atoms with Gasteiger partial charge in [-0.1, -0.05) is 6.07 Å². The molecule has 1 aromatic heterocycles. The van der Waals surface area contributed by atoms with Crippen LogP contribution in [0.4, 0.5) is 0 Å². The molecular formula is C14H19NO3S. The lowest BCUT2D eigenvalue weighted by Gasteiger charge is -2.13. The summed E-state index contributed by atoms with van der Waals surface area (Å²) >= 11 is 0. The predicted molar refractivity (Wildman–Crippen MR) is 74.1 cm³/mol. The molecule has 4 nitrogen and oxygen atoms in total. The molecule has 0 N–H and O–H groups in total. The van der Waals surface area contributed by atoms with Crippen LogP contribution in [0.3, 0.4) is 0 Å². The minimum absolute atomic E-state index is 0.0487. The highest BCUT2D eigenvalue weighted by Crippen LogP contribution is 2.49. The molecule has 19 heavy (non-hydrogen) atoms. The molecule has 0 aromatic carbocycles. The second-order valence-corrected chi connectivity index (χ2v) is 6.73. The number of nitrogens with zero attached hydrogens (tertiary/aromatic N) is 1. The van der Waals surface area contributed by atoms with Crippen molar-refractivity contribution in [1.82, 2.24) is 4.98 Å². The number of hydrogen-bond donors (Lipinski definition) is 0. The summed E-state index contributed by atoms with van der Waals surface area (Å²) in [6.45, 7) is 0. The number of carbonyl (C=O) groups excluding carboxylic acids is 1. The summed E-state index contributed by atoms with van der Waals surface area (Å²) in [5, 5.41) is 0. The van der Waals surface area contributed by atoms with Crippen LogP contribution in [0.25, 0.3) is 0 Å². The molecule has 1 aliphatic carbocycles. The quantitative estimate of drug-likeness (QED) is 0.714. The van der Waals surface area contributed by atoms with E-state index in [2.05, 4.69) is 4.98 Å². The molecule has 1 unspecified atom stereocenters. The van der Waals surface area contributed by atoms with Crippen LogP contribution in [0.1, 0.15) is 24.8 Å². The van der Waals surface area contributed by atoms with Crippen LogP contribution >= 0.6 is 0 Å². The number of aromatic nitrogens is 1. The van der Waals surface area contributed by atoms with Crippen LogP contribution in [-0.4, -0.2) is 33.8 Å². The van der Waals surface area contributed by atoms with Crippen molar-refractivity contribution in [3.8, 4) is 0 Å². The first-order chi connectivity index (χ1) is 9.13. The van der Waals surface area contributed by atoms with Crippen molar-refractivity contribution in [2.75, 3.05) is 18.6 Å². The van der Waals surface area contributed by atoms with Crippen molar-refractivity contribution in [3.05, 3.63) is 30.1 Å². The zero-order valence-corrected chi connectivity index (χ0v) is 11.9. The van der Waals surface area contributed by atoms with Crippen molar-refractivity contribution >= 4 is 16.8 Å². The van der Waals surface area contributed by atoms with Crippen molar-refractivity contribution in [2.45, 2.75) is 25.7 Å². The molecule has 2 rings (SSSR count). The van der Waals surface area contributed by atoms with Gasteiger partial charge in [-0.05, 0) is 36.3 Å². The Morgan fingerprint density at radius 1 is 1.53 bits per heavy atom. The average molecular weight is 281 g/mol. The molecule has 104 valence electrons. The van der Waals surface area contributed by atoms with Gasteiger partial charge in [-0.25, -0.2) is 0 Å². The first kappa shape index (κ1) is 14.2. The van der Waals surface area contributed by atoms with E-state index in [1.807, 2.05) is 12.1 Å². The number of pyridine rings is 1. The first-order valence-corrected chi connectivity index (χ1v) is 7.93. The zero-order valence-electron chi connectivity index (χ0n) is 11.1. The van der Waals surface area contributed by atoms with Crippen molar-refractivity contribution in [1.29, 1.82) is 0 Å². The van der Waals surface area contributed by atoms with Gasteiger partial charge >= 0.3 is 5.97 Å². The number of rotatable bonds is 7. The lowest BCUT2D eigenvalue weighted by Crippen LogP contribution is -2.19. The van der Waals surface area contributed by atoms with E-state index in [1.54, 1.807) is 12.4 Å². The maximum absolute atomic E-state index is 12.1. The van der Waals surface area contributed by atoms with Crippen LogP contribution in [0.2, 0.25) is 0 Å². The van der Waals surface area contributed by atoms with Crippen molar-refractivity contribution < 1.29 is 13.7 Å². The third-order valence-electron chi connectivity index (χ3n) is 3.51. The van der Waals surface area contributed by atoms with Gasteiger partial charge < -0.3 is 4.74 Å². The molecule has 1 heterocycles. The third kappa shape index (κ3) is 4.42. The Labute approximate surface area is 116 Å². The fourth-order valence-corrected chi connectivity index (χ4v) is 3.80. The van der Waals surface area contributed by atoms with Crippen LogP contribution in [0.15, 0.2) is 24.5 Å². The summed E-state index contributed by atoms with van der Waals surface area (Å²) in [5.74, 6) is 1.05. The minimum atomic E-state index is -0.881. The van der Waals surface area contributed by atoms with Gasteiger partial charge in [0.15, 0.2) is 0 Å². The summed E-state index contributed by atoms with van der Waals surface area (Å²) in [5.41, 5.74) is 1.06. The highest BCUT2D eigenvalue weighted by Gasteiger charge is 2.45. The summed E-state index contributed by atoms with van der Waals surface area (Å²) in [6, 6.07) is 3.88. The van der Waals surface area contributed by atoms with Gasteiger partial charge in [0.2, 0.25) is 0 Å². The summed E-state index contributed by atoms with van der Waals surface area (Å²) < 4.78 is 16.8. The van der Waals surface area contributed by atoms with E-state index in [-0.39, 0.29) is 11.4 Å². The van der Waals surface area contributed by atoms with E-state index >= 15 is 0 Å². The molecule has 1 aliphatic rings. The number of methoxy groups -OCH3 is 1. The molecule has 5 heteroatoms. The number of hydrogen-bond acceptors (Lipinski definition) is 4. The van der Waals surface area contributed by atoms with Crippen LogP contribution < -0.4 is 0 Å². The van der Waals surface area contributed by atoms with Gasteiger partial charge in [0.05, 0.1) is 13.5 Å². The van der Waals surface area contributed by atoms with Crippen molar-refractivity contribution in [3.63, 3.8) is 0 Å². The monoisotopic (exact) mass is 281 g/mol. The molecule has 0 saturated heterocycles. The molecule has 1 atom stereocenters. The Bertz CT molecular complexity index is 457. The lowest BCUT2D eigenvalue weighted by molar-refractivity contribution is -0.141. The number of aryl methyl sites for hydroxylation is 1. The number of esters is 1. The van der Waals surface area contributed by atoms with E-state index in [0.717, 1.165) is 24.8 Å². The highest BCUT2D eigenvalue weighted by atomic mass is 32.2. The summed E-state index contributed by atoms with van der Waals surface area (Å²) in [6.07, 6.45) is 6.69. The second-order valence-electron chi connectivity index (χ2n) is 5.15. The minimum Gasteiger partial charge on any atom is -0.469 e. The van der Waals surface area contributed by atoms with Gasteiger partial charge in [-0.15, -0.1) is 0 Å². The average Bonchev–Trinajstić information content (AvgIpc) is 3.16. The van der Waals surface area contributed by atoms with Crippen LogP contribution in [0, 0.1) is 5.41 Å². The fraction of sp³-hybridized carbons (Fsp3) is 0.571. The first-order valence-electron chi connectivity index (χ1n) is 6.44. The summed E-state index contributed by atoms with van der Waals surface area (Å²) in [7, 11) is 0.519. The van der Waals surface area contributed by atoms with Crippen LogP contribution in [0.5, 0.6) is 0 Å². The Hall–Kier alpha value is -1.23. The van der Waals surface area contributed by atoms with Gasteiger partial charge in [0, 0.05) is 34.7 Å². The van der Waals surface area contributed by atoms with Crippen LogP contribution in [-0.2, 0) is 26.8 Å². The zero-order chi connectivity index (χ0) is 13.7. The fourth-order valence-electron chi connectivity index (χ4n) is 2.12. The van der Waals surface area contributed by atoms with Gasteiger partial charge in [-0.3, -0.25) is 14.0 Å². The van der Waals surface area contributed by atoms with E-state index in [1.165, 1.54) is 7.11 Å². The SMILES string of the molecule is COC(=O)CC1(CS(=O)CCc2cccnc2)CC1.